The van der Waals surface area contributed by atoms with Gasteiger partial charge in [0.25, 0.3) is 0 Å². The Morgan fingerprint density at radius 2 is 1.80 bits per heavy atom. The summed E-state index contributed by atoms with van der Waals surface area (Å²) in [6, 6.07) is 16.2. The molecule has 0 atom stereocenters. The van der Waals surface area contributed by atoms with Crippen LogP contribution in [0.1, 0.15) is 11.1 Å². The van der Waals surface area contributed by atoms with Crippen LogP contribution in [-0.4, -0.2) is 9.55 Å². The first kappa shape index (κ1) is 12.5. The van der Waals surface area contributed by atoms with E-state index >= 15 is 0 Å². The van der Waals surface area contributed by atoms with Gasteiger partial charge in [-0.1, -0.05) is 42.5 Å². The quantitative estimate of drug-likeness (QED) is 0.735. The van der Waals surface area contributed by atoms with Crippen LogP contribution >= 0.6 is 0 Å². The molecule has 0 aliphatic rings. The van der Waals surface area contributed by atoms with E-state index in [0.29, 0.717) is 0 Å². The molecule has 1 heterocycles. The average molecular weight is 263 g/mol. The topological polar surface area (TPSA) is 43.8 Å². The highest BCUT2D eigenvalue weighted by Gasteiger charge is 2.09. The number of hydrogen-bond donors (Lipinski definition) is 1. The van der Waals surface area contributed by atoms with E-state index in [9.17, 15) is 0 Å². The molecule has 0 unspecified atom stereocenters. The van der Waals surface area contributed by atoms with Crippen molar-refractivity contribution < 1.29 is 0 Å². The first-order chi connectivity index (χ1) is 9.75. The SMILES string of the molecule is Cc1ccccc1-c1nccn1Cc1ccccc1N. The maximum atomic E-state index is 6.02. The summed E-state index contributed by atoms with van der Waals surface area (Å²) >= 11 is 0. The molecular weight excluding hydrogens is 246 g/mol. The van der Waals surface area contributed by atoms with Gasteiger partial charge < -0.3 is 10.3 Å². The molecule has 0 spiro atoms. The fourth-order valence-electron chi connectivity index (χ4n) is 2.37. The maximum Gasteiger partial charge on any atom is 0.140 e. The Bertz CT molecular complexity index is 728. The summed E-state index contributed by atoms with van der Waals surface area (Å²) in [6.45, 7) is 2.83. The van der Waals surface area contributed by atoms with Crippen LogP contribution in [0.15, 0.2) is 60.9 Å². The molecule has 2 N–H and O–H groups in total. The largest absolute Gasteiger partial charge is 0.398 e. The number of aryl methyl sites for hydroxylation is 1. The van der Waals surface area contributed by atoms with E-state index in [0.717, 1.165) is 29.2 Å². The minimum Gasteiger partial charge on any atom is -0.398 e. The van der Waals surface area contributed by atoms with Crippen molar-refractivity contribution in [2.24, 2.45) is 0 Å². The summed E-state index contributed by atoms with van der Waals surface area (Å²) in [5, 5.41) is 0. The lowest BCUT2D eigenvalue weighted by Gasteiger charge is -2.11. The normalized spacial score (nSPS) is 10.7. The Kier molecular flexibility index (Phi) is 3.25. The number of nitrogens with two attached hydrogens (primary N) is 1. The summed E-state index contributed by atoms with van der Waals surface area (Å²) in [6.07, 6.45) is 3.83. The van der Waals surface area contributed by atoms with E-state index in [1.807, 2.05) is 42.7 Å². The first-order valence-electron chi connectivity index (χ1n) is 6.66. The molecule has 0 amide bonds. The molecule has 0 aliphatic heterocycles. The van der Waals surface area contributed by atoms with Gasteiger partial charge in [0.2, 0.25) is 0 Å². The number of imidazole rings is 1. The second-order valence-corrected chi connectivity index (χ2v) is 4.89. The third kappa shape index (κ3) is 2.30. The summed E-state index contributed by atoms with van der Waals surface area (Å²) in [7, 11) is 0. The van der Waals surface area contributed by atoms with Crippen LogP contribution in [0.25, 0.3) is 11.4 Å². The van der Waals surface area contributed by atoms with Crippen LogP contribution in [-0.2, 0) is 6.54 Å². The monoisotopic (exact) mass is 263 g/mol. The zero-order valence-corrected chi connectivity index (χ0v) is 11.5. The molecule has 3 heteroatoms. The Balaban J connectivity index is 2.00. The fraction of sp³-hybridized carbons (Fsp3) is 0.118. The molecule has 3 rings (SSSR count). The highest BCUT2D eigenvalue weighted by atomic mass is 15.1. The van der Waals surface area contributed by atoms with Crippen LogP contribution < -0.4 is 5.73 Å². The van der Waals surface area contributed by atoms with E-state index in [-0.39, 0.29) is 0 Å². The average Bonchev–Trinajstić information content (AvgIpc) is 2.90. The van der Waals surface area contributed by atoms with Crippen molar-refractivity contribution in [3.05, 3.63) is 72.1 Å². The van der Waals surface area contributed by atoms with E-state index in [1.54, 1.807) is 0 Å². The summed E-state index contributed by atoms with van der Waals surface area (Å²) < 4.78 is 2.13. The summed E-state index contributed by atoms with van der Waals surface area (Å²) in [5.74, 6) is 0.978. The highest BCUT2D eigenvalue weighted by molar-refractivity contribution is 5.60. The predicted octanol–water partition coefficient (Wildman–Crippen LogP) is 3.49. The van der Waals surface area contributed by atoms with Gasteiger partial charge in [-0.25, -0.2) is 4.98 Å². The Labute approximate surface area is 118 Å². The van der Waals surface area contributed by atoms with Gasteiger partial charge in [-0.3, -0.25) is 0 Å². The number of rotatable bonds is 3. The Hall–Kier alpha value is -2.55. The van der Waals surface area contributed by atoms with Gasteiger partial charge in [0.05, 0.1) is 6.54 Å². The van der Waals surface area contributed by atoms with Crippen LogP contribution in [0.2, 0.25) is 0 Å². The predicted molar refractivity (Wildman–Crippen MR) is 82.4 cm³/mol. The smallest absolute Gasteiger partial charge is 0.140 e. The maximum absolute atomic E-state index is 6.02. The van der Waals surface area contributed by atoms with Gasteiger partial charge in [-0.05, 0) is 24.1 Å². The van der Waals surface area contributed by atoms with Gasteiger partial charge in [0.15, 0.2) is 0 Å². The lowest BCUT2D eigenvalue weighted by Crippen LogP contribution is -2.04. The first-order valence-corrected chi connectivity index (χ1v) is 6.66. The third-order valence-electron chi connectivity index (χ3n) is 3.50. The van der Waals surface area contributed by atoms with E-state index in [2.05, 4.69) is 34.7 Å². The molecule has 0 saturated carbocycles. The zero-order valence-electron chi connectivity index (χ0n) is 11.5. The van der Waals surface area contributed by atoms with Crippen molar-refractivity contribution in [1.29, 1.82) is 0 Å². The molecule has 0 radical (unpaired) electrons. The van der Waals surface area contributed by atoms with Crippen molar-refractivity contribution in [3.8, 4) is 11.4 Å². The van der Waals surface area contributed by atoms with Crippen molar-refractivity contribution in [3.63, 3.8) is 0 Å². The molecule has 2 aromatic carbocycles. The van der Waals surface area contributed by atoms with Crippen LogP contribution in [0.4, 0.5) is 5.69 Å². The fourth-order valence-corrected chi connectivity index (χ4v) is 2.37. The molecule has 20 heavy (non-hydrogen) atoms. The molecule has 0 saturated heterocycles. The molecule has 3 nitrogen and oxygen atoms in total. The van der Waals surface area contributed by atoms with E-state index in [4.69, 9.17) is 5.73 Å². The standard InChI is InChI=1S/C17H17N3/c1-13-6-2-4-8-15(13)17-19-10-11-20(17)12-14-7-3-5-9-16(14)18/h2-11H,12,18H2,1H3. The second-order valence-electron chi connectivity index (χ2n) is 4.89. The number of benzene rings is 2. The van der Waals surface area contributed by atoms with Crippen LogP contribution in [0.5, 0.6) is 0 Å². The van der Waals surface area contributed by atoms with Crippen LogP contribution in [0, 0.1) is 6.92 Å². The molecule has 0 fully saturated rings. The van der Waals surface area contributed by atoms with Gasteiger partial charge in [-0.15, -0.1) is 0 Å². The number of aromatic nitrogens is 2. The minimum absolute atomic E-state index is 0.732. The zero-order chi connectivity index (χ0) is 13.9. The number of para-hydroxylation sites is 1. The lowest BCUT2D eigenvalue weighted by molar-refractivity contribution is 0.808. The highest BCUT2D eigenvalue weighted by Crippen LogP contribution is 2.23. The molecule has 1 aromatic heterocycles. The second kappa shape index (κ2) is 5.21. The van der Waals surface area contributed by atoms with Gasteiger partial charge in [0, 0.05) is 23.6 Å². The number of anilines is 1. The van der Waals surface area contributed by atoms with Crippen molar-refractivity contribution in [2.45, 2.75) is 13.5 Å². The van der Waals surface area contributed by atoms with E-state index < -0.39 is 0 Å². The van der Waals surface area contributed by atoms with Crippen molar-refractivity contribution >= 4 is 5.69 Å². The van der Waals surface area contributed by atoms with Gasteiger partial charge >= 0.3 is 0 Å². The van der Waals surface area contributed by atoms with Crippen LogP contribution in [0.3, 0.4) is 0 Å². The van der Waals surface area contributed by atoms with Gasteiger partial charge in [-0.2, -0.15) is 0 Å². The van der Waals surface area contributed by atoms with Crippen molar-refractivity contribution in [2.75, 3.05) is 5.73 Å². The third-order valence-corrected chi connectivity index (χ3v) is 3.50. The number of nitrogens with zero attached hydrogens (tertiary/aromatic N) is 2. The summed E-state index contributed by atoms with van der Waals surface area (Å²) in [4.78, 5) is 4.50. The number of nitrogen functional groups attached to an aromatic ring is 1. The molecule has 0 aliphatic carbocycles. The minimum atomic E-state index is 0.732. The molecule has 100 valence electrons. The van der Waals surface area contributed by atoms with Crippen molar-refractivity contribution in [1.82, 2.24) is 9.55 Å². The molecule has 3 aromatic rings. The van der Waals surface area contributed by atoms with Gasteiger partial charge in [0.1, 0.15) is 5.82 Å². The number of hydrogen-bond acceptors (Lipinski definition) is 2. The Morgan fingerprint density at radius 3 is 2.60 bits per heavy atom. The Morgan fingerprint density at radius 1 is 1.05 bits per heavy atom. The van der Waals surface area contributed by atoms with E-state index in [1.165, 1.54) is 5.56 Å². The molecule has 0 bridgehead atoms. The summed E-state index contributed by atoms with van der Waals surface area (Å²) in [5.41, 5.74) is 10.3. The molecular formula is C17H17N3. The lowest BCUT2D eigenvalue weighted by atomic mass is 10.1.